The number of oxime groups is 1. The molecule has 6 heteroatoms. The summed E-state index contributed by atoms with van der Waals surface area (Å²) in [6, 6.07) is 3.69. The maximum Gasteiger partial charge on any atom is 0.143 e. The predicted octanol–water partition coefficient (Wildman–Crippen LogP) is 2.71. The lowest BCUT2D eigenvalue weighted by atomic mass is 10.3. The first-order chi connectivity index (χ1) is 8.31. The Morgan fingerprint density at radius 3 is 2.44 bits per heavy atom. The summed E-state index contributed by atoms with van der Waals surface area (Å²) in [4.78, 5) is 6.28. The second kappa shape index (κ2) is 10.2. The van der Waals surface area contributed by atoms with E-state index in [4.69, 9.17) is 5.21 Å². The molecular weight excluding hydrogens is 270 g/mol. The Bertz CT molecular complexity index is 344. The van der Waals surface area contributed by atoms with Crippen LogP contribution in [0.3, 0.4) is 0 Å². The van der Waals surface area contributed by atoms with Gasteiger partial charge < -0.3 is 10.1 Å². The molecule has 0 radical (unpaired) electrons. The minimum Gasteiger partial charge on any atom is -0.410 e. The van der Waals surface area contributed by atoms with Crippen molar-refractivity contribution in [1.29, 1.82) is 0 Å². The van der Waals surface area contributed by atoms with Gasteiger partial charge in [0.15, 0.2) is 0 Å². The molecule has 1 N–H and O–H groups in total. The molecule has 0 aromatic carbocycles. The van der Waals surface area contributed by atoms with E-state index in [-0.39, 0.29) is 12.4 Å². The molecule has 0 aliphatic rings. The highest BCUT2D eigenvalue weighted by Crippen LogP contribution is 2.13. The molecule has 102 valence electrons. The van der Waals surface area contributed by atoms with Crippen molar-refractivity contribution in [1.82, 2.24) is 9.88 Å². The van der Waals surface area contributed by atoms with Crippen molar-refractivity contribution in [3.63, 3.8) is 0 Å². The van der Waals surface area contributed by atoms with Gasteiger partial charge in [0.05, 0.1) is 0 Å². The Labute approximate surface area is 119 Å². The number of rotatable bonds is 6. The summed E-state index contributed by atoms with van der Waals surface area (Å²) in [6.45, 7) is 7.41. The van der Waals surface area contributed by atoms with Crippen molar-refractivity contribution in [2.45, 2.75) is 13.8 Å². The highest BCUT2D eigenvalue weighted by molar-refractivity contribution is 8.14. The molecule has 0 aliphatic carbocycles. The van der Waals surface area contributed by atoms with Gasteiger partial charge in [0, 0.05) is 30.3 Å². The van der Waals surface area contributed by atoms with Crippen LogP contribution in [-0.2, 0) is 0 Å². The molecule has 0 atom stereocenters. The minimum absolute atomic E-state index is 0. The van der Waals surface area contributed by atoms with Gasteiger partial charge in [-0.25, -0.2) is 0 Å². The average molecular weight is 290 g/mol. The Kier molecular flexibility index (Phi) is 9.73. The molecular formula is C12H20ClN3OS. The van der Waals surface area contributed by atoms with Crippen LogP contribution in [0.4, 0.5) is 0 Å². The monoisotopic (exact) mass is 289 g/mol. The van der Waals surface area contributed by atoms with Gasteiger partial charge in [0.25, 0.3) is 0 Å². The van der Waals surface area contributed by atoms with Crippen molar-refractivity contribution in [2.24, 2.45) is 5.16 Å². The van der Waals surface area contributed by atoms with Crippen LogP contribution in [-0.4, -0.2) is 45.5 Å². The largest absolute Gasteiger partial charge is 0.410 e. The zero-order valence-corrected chi connectivity index (χ0v) is 12.4. The van der Waals surface area contributed by atoms with Gasteiger partial charge in [-0.05, 0) is 25.2 Å². The number of nitrogens with zero attached hydrogens (tertiary/aromatic N) is 3. The maximum absolute atomic E-state index is 8.99. The second-order valence-electron chi connectivity index (χ2n) is 3.52. The molecule has 1 rings (SSSR count). The molecule has 1 heterocycles. The summed E-state index contributed by atoms with van der Waals surface area (Å²) in [6.07, 6.45) is 3.40. The van der Waals surface area contributed by atoms with Crippen molar-refractivity contribution in [2.75, 3.05) is 25.4 Å². The van der Waals surface area contributed by atoms with E-state index >= 15 is 0 Å². The van der Waals surface area contributed by atoms with Crippen molar-refractivity contribution in [3.05, 3.63) is 30.1 Å². The van der Waals surface area contributed by atoms with Crippen LogP contribution in [0.15, 0.2) is 29.7 Å². The van der Waals surface area contributed by atoms with E-state index in [1.54, 1.807) is 24.2 Å². The van der Waals surface area contributed by atoms with E-state index in [9.17, 15) is 0 Å². The fourth-order valence-corrected chi connectivity index (χ4v) is 2.38. The summed E-state index contributed by atoms with van der Waals surface area (Å²) in [5.41, 5.74) is 0.909. The quantitative estimate of drug-likeness (QED) is 0.379. The third-order valence-electron chi connectivity index (χ3n) is 2.56. The molecule has 1 aromatic rings. The van der Waals surface area contributed by atoms with Gasteiger partial charge in [-0.2, -0.15) is 0 Å². The van der Waals surface area contributed by atoms with Crippen LogP contribution in [0.5, 0.6) is 0 Å². The standard InChI is InChI=1S/C12H19N3OS.ClH/c1-3-15(4-2)9-10-17-12(14-16)11-5-7-13-8-6-11;/h5-8,16H,3-4,9-10H2,1-2H3;1H/b14-12-;. The molecule has 18 heavy (non-hydrogen) atoms. The minimum atomic E-state index is 0. The van der Waals surface area contributed by atoms with E-state index in [1.165, 1.54) is 0 Å². The summed E-state index contributed by atoms with van der Waals surface area (Å²) in [7, 11) is 0. The lowest BCUT2D eigenvalue weighted by molar-refractivity contribution is 0.320. The van der Waals surface area contributed by atoms with E-state index < -0.39 is 0 Å². The van der Waals surface area contributed by atoms with Gasteiger partial charge in [0.1, 0.15) is 5.04 Å². The van der Waals surface area contributed by atoms with Gasteiger partial charge in [-0.1, -0.05) is 19.0 Å². The van der Waals surface area contributed by atoms with Crippen molar-refractivity contribution >= 4 is 29.2 Å². The number of hydrogen-bond acceptors (Lipinski definition) is 5. The summed E-state index contributed by atoms with van der Waals surface area (Å²) >= 11 is 1.56. The molecule has 0 saturated carbocycles. The van der Waals surface area contributed by atoms with Gasteiger partial charge in [-0.15, -0.1) is 24.2 Å². The molecule has 0 fully saturated rings. The molecule has 0 spiro atoms. The highest BCUT2D eigenvalue weighted by atomic mass is 35.5. The summed E-state index contributed by atoms with van der Waals surface area (Å²) in [5, 5.41) is 13.0. The van der Waals surface area contributed by atoms with Crippen LogP contribution in [0, 0.1) is 0 Å². The smallest absolute Gasteiger partial charge is 0.143 e. The van der Waals surface area contributed by atoms with E-state index in [0.717, 1.165) is 31.0 Å². The number of halogens is 1. The van der Waals surface area contributed by atoms with E-state index in [2.05, 4.69) is 28.9 Å². The molecule has 0 aliphatic heterocycles. The van der Waals surface area contributed by atoms with Gasteiger partial charge in [0.2, 0.25) is 0 Å². The van der Waals surface area contributed by atoms with Crippen molar-refractivity contribution < 1.29 is 5.21 Å². The summed E-state index contributed by atoms with van der Waals surface area (Å²) < 4.78 is 0. The zero-order valence-electron chi connectivity index (χ0n) is 10.7. The predicted molar refractivity (Wildman–Crippen MR) is 80.1 cm³/mol. The van der Waals surface area contributed by atoms with Crippen LogP contribution in [0.25, 0.3) is 0 Å². The SMILES string of the molecule is CCN(CC)CCS/C(=N\O)c1ccncc1.Cl. The number of pyridine rings is 1. The molecule has 0 saturated heterocycles. The first-order valence-electron chi connectivity index (χ1n) is 5.79. The molecule has 1 aromatic heterocycles. The van der Waals surface area contributed by atoms with E-state index in [1.807, 2.05) is 12.1 Å². The first kappa shape index (κ1) is 17.2. The van der Waals surface area contributed by atoms with Crippen LogP contribution < -0.4 is 0 Å². The fraction of sp³-hybridized carbons (Fsp3) is 0.500. The number of thioether (sulfide) groups is 1. The average Bonchev–Trinajstić information content (AvgIpc) is 2.40. The molecule has 0 unspecified atom stereocenters. The zero-order chi connectivity index (χ0) is 12.5. The van der Waals surface area contributed by atoms with Gasteiger partial charge in [-0.3, -0.25) is 4.98 Å². The molecule has 0 amide bonds. The fourth-order valence-electron chi connectivity index (χ4n) is 1.48. The lowest BCUT2D eigenvalue weighted by Crippen LogP contribution is -2.25. The Balaban J connectivity index is 0.00000289. The third kappa shape index (κ3) is 5.71. The van der Waals surface area contributed by atoms with E-state index in [0.29, 0.717) is 5.04 Å². The Morgan fingerprint density at radius 1 is 1.33 bits per heavy atom. The lowest BCUT2D eigenvalue weighted by Gasteiger charge is -2.17. The highest BCUT2D eigenvalue weighted by Gasteiger charge is 2.06. The Morgan fingerprint density at radius 2 is 1.94 bits per heavy atom. The van der Waals surface area contributed by atoms with Crippen LogP contribution >= 0.6 is 24.2 Å². The number of aromatic nitrogens is 1. The topological polar surface area (TPSA) is 48.7 Å². The summed E-state index contributed by atoms with van der Waals surface area (Å²) in [5.74, 6) is 0.920. The Hall–Kier alpha value is -0.780. The third-order valence-corrected chi connectivity index (χ3v) is 3.54. The van der Waals surface area contributed by atoms with Crippen LogP contribution in [0.1, 0.15) is 19.4 Å². The second-order valence-corrected chi connectivity index (χ2v) is 4.60. The van der Waals surface area contributed by atoms with Crippen LogP contribution in [0.2, 0.25) is 0 Å². The molecule has 0 bridgehead atoms. The first-order valence-corrected chi connectivity index (χ1v) is 6.78. The number of hydrogen-bond donors (Lipinski definition) is 1. The van der Waals surface area contributed by atoms with Gasteiger partial charge >= 0.3 is 0 Å². The normalized spacial score (nSPS) is 11.4. The molecule has 4 nitrogen and oxygen atoms in total. The maximum atomic E-state index is 8.99. The van der Waals surface area contributed by atoms with Crippen molar-refractivity contribution in [3.8, 4) is 0 Å².